The average Bonchev–Trinajstić information content (AvgIpc) is 2.36. The molecular formula is C16H32N2. The van der Waals surface area contributed by atoms with Crippen molar-refractivity contribution in [2.45, 2.75) is 64.8 Å². The average molecular weight is 252 g/mol. The molecule has 0 aromatic heterocycles. The Morgan fingerprint density at radius 2 is 1.89 bits per heavy atom. The third-order valence-corrected chi connectivity index (χ3v) is 5.15. The van der Waals surface area contributed by atoms with Crippen molar-refractivity contribution in [3.63, 3.8) is 0 Å². The Balaban J connectivity index is 1.75. The van der Waals surface area contributed by atoms with E-state index < -0.39 is 0 Å². The first-order valence-electron chi connectivity index (χ1n) is 7.99. The number of nitrogens with zero attached hydrogens (tertiary/aromatic N) is 1. The summed E-state index contributed by atoms with van der Waals surface area (Å²) in [6.45, 7) is 8.82. The Labute approximate surface area is 114 Å². The summed E-state index contributed by atoms with van der Waals surface area (Å²) in [5.41, 5.74) is 0.589. The molecule has 18 heavy (non-hydrogen) atoms. The van der Waals surface area contributed by atoms with Crippen LogP contribution in [0.1, 0.15) is 58.8 Å². The van der Waals surface area contributed by atoms with E-state index in [4.69, 9.17) is 0 Å². The number of likely N-dealkylation sites (tertiary alicyclic amines) is 1. The molecule has 0 spiro atoms. The van der Waals surface area contributed by atoms with E-state index in [1.54, 1.807) is 0 Å². The van der Waals surface area contributed by atoms with Gasteiger partial charge in [-0.2, -0.15) is 0 Å². The second kappa shape index (κ2) is 6.38. The molecule has 2 rings (SSSR count). The van der Waals surface area contributed by atoms with Crippen LogP contribution in [-0.4, -0.2) is 37.6 Å². The first kappa shape index (κ1) is 14.3. The molecule has 1 aliphatic heterocycles. The number of rotatable bonds is 4. The van der Waals surface area contributed by atoms with Gasteiger partial charge in [0.15, 0.2) is 0 Å². The van der Waals surface area contributed by atoms with Crippen molar-refractivity contribution in [2.75, 3.05) is 26.7 Å². The van der Waals surface area contributed by atoms with E-state index in [0.29, 0.717) is 5.41 Å². The van der Waals surface area contributed by atoms with Gasteiger partial charge in [-0.15, -0.1) is 0 Å². The van der Waals surface area contributed by atoms with Crippen LogP contribution in [0.25, 0.3) is 0 Å². The SMILES string of the molecule is CNCCC1CCN(C2CCCC(C)(C)C2)CC1. The molecule has 2 aliphatic rings. The largest absolute Gasteiger partial charge is 0.320 e. The van der Waals surface area contributed by atoms with Crippen LogP contribution in [0.15, 0.2) is 0 Å². The normalized spacial score (nSPS) is 30.5. The summed E-state index contributed by atoms with van der Waals surface area (Å²) in [4.78, 5) is 2.80. The van der Waals surface area contributed by atoms with E-state index in [-0.39, 0.29) is 0 Å². The summed E-state index contributed by atoms with van der Waals surface area (Å²) in [5, 5.41) is 3.29. The molecule has 1 atom stereocenters. The Bertz CT molecular complexity index is 241. The first-order chi connectivity index (χ1) is 8.61. The molecule has 1 heterocycles. The van der Waals surface area contributed by atoms with Gasteiger partial charge in [-0.25, -0.2) is 0 Å². The van der Waals surface area contributed by atoms with E-state index in [2.05, 4.69) is 31.1 Å². The van der Waals surface area contributed by atoms with Crippen LogP contribution in [0.5, 0.6) is 0 Å². The van der Waals surface area contributed by atoms with Gasteiger partial charge in [-0.1, -0.05) is 20.3 Å². The van der Waals surface area contributed by atoms with Crippen LogP contribution in [0, 0.1) is 11.3 Å². The Morgan fingerprint density at radius 1 is 1.17 bits per heavy atom. The van der Waals surface area contributed by atoms with E-state index >= 15 is 0 Å². The molecule has 2 heteroatoms. The van der Waals surface area contributed by atoms with Crippen LogP contribution in [0.3, 0.4) is 0 Å². The monoisotopic (exact) mass is 252 g/mol. The van der Waals surface area contributed by atoms with Gasteiger partial charge in [0, 0.05) is 6.04 Å². The molecular weight excluding hydrogens is 220 g/mol. The minimum Gasteiger partial charge on any atom is -0.320 e. The van der Waals surface area contributed by atoms with Gasteiger partial charge in [-0.05, 0) is 76.5 Å². The van der Waals surface area contributed by atoms with Gasteiger partial charge in [-0.3, -0.25) is 0 Å². The van der Waals surface area contributed by atoms with Crippen molar-refractivity contribution in [1.29, 1.82) is 0 Å². The lowest BCUT2D eigenvalue weighted by Gasteiger charge is -2.44. The third kappa shape index (κ3) is 3.96. The highest BCUT2D eigenvalue weighted by Crippen LogP contribution is 2.38. The van der Waals surface area contributed by atoms with Gasteiger partial charge in [0.05, 0.1) is 0 Å². The van der Waals surface area contributed by atoms with Crippen molar-refractivity contribution < 1.29 is 0 Å². The lowest BCUT2D eigenvalue weighted by Crippen LogP contribution is -2.45. The van der Waals surface area contributed by atoms with Gasteiger partial charge >= 0.3 is 0 Å². The zero-order chi connectivity index (χ0) is 13.0. The minimum atomic E-state index is 0.589. The fourth-order valence-corrected chi connectivity index (χ4v) is 3.93. The molecule has 0 bridgehead atoms. The molecule has 2 fully saturated rings. The first-order valence-corrected chi connectivity index (χ1v) is 7.99. The molecule has 1 saturated heterocycles. The number of nitrogens with one attached hydrogen (secondary N) is 1. The van der Waals surface area contributed by atoms with Crippen LogP contribution in [0.4, 0.5) is 0 Å². The third-order valence-electron chi connectivity index (χ3n) is 5.15. The molecule has 0 aromatic rings. The number of hydrogen-bond donors (Lipinski definition) is 1. The van der Waals surface area contributed by atoms with Crippen molar-refractivity contribution in [2.24, 2.45) is 11.3 Å². The molecule has 1 unspecified atom stereocenters. The van der Waals surface area contributed by atoms with Crippen molar-refractivity contribution in [1.82, 2.24) is 10.2 Å². The predicted octanol–water partition coefficient (Wildman–Crippen LogP) is 3.28. The smallest absolute Gasteiger partial charge is 0.0100 e. The molecule has 1 saturated carbocycles. The van der Waals surface area contributed by atoms with E-state index in [1.165, 1.54) is 64.6 Å². The number of hydrogen-bond acceptors (Lipinski definition) is 2. The maximum atomic E-state index is 3.29. The van der Waals surface area contributed by atoms with Crippen LogP contribution in [0.2, 0.25) is 0 Å². The van der Waals surface area contributed by atoms with Crippen LogP contribution >= 0.6 is 0 Å². The molecule has 0 radical (unpaired) electrons. The number of piperidine rings is 1. The molecule has 1 aliphatic carbocycles. The molecule has 2 nitrogen and oxygen atoms in total. The maximum absolute atomic E-state index is 3.29. The topological polar surface area (TPSA) is 15.3 Å². The highest BCUT2D eigenvalue weighted by atomic mass is 15.2. The quantitative estimate of drug-likeness (QED) is 0.826. The summed E-state index contributed by atoms with van der Waals surface area (Å²) in [7, 11) is 2.07. The zero-order valence-corrected chi connectivity index (χ0v) is 12.7. The van der Waals surface area contributed by atoms with Crippen LogP contribution < -0.4 is 5.32 Å². The fraction of sp³-hybridized carbons (Fsp3) is 1.00. The summed E-state index contributed by atoms with van der Waals surface area (Å²) in [5.74, 6) is 0.977. The standard InChI is InChI=1S/C16H32N2/c1-16(2)9-4-5-15(13-16)18-11-7-14(8-12-18)6-10-17-3/h14-15,17H,4-13H2,1-3H3. The fourth-order valence-electron chi connectivity index (χ4n) is 3.93. The van der Waals surface area contributed by atoms with Gasteiger partial charge in [0.1, 0.15) is 0 Å². The van der Waals surface area contributed by atoms with E-state index in [9.17, 15) is 0 Å². The highest BCUT2D eigenvalue weighted by Gasteiger charge is 2.32. The summed E-state index contributed by atoms with van der Waals surface area (Å²) in [6, 6.07) is 0.888. The maximum Gasteiger partial charge on any atom is 0.0100 e. The Morgan fingerprint density at radius 3 is 2.50 bits per heavy atom. The van der Waals surface area contributed by atoms with Gasteiger partial charge in [0.25, 0.3) is 0 Å². The Hall–Kier alpha value is -0.0800. The lowest BCUT2D eigenvalue weighted by molar-refractivity contribution is 0.0642. The van der Waals surface area contributed by atoms with E-state index in [0.717, 1.165) is 12.0 Å². The molecule has 1 N–H and O–H groups in total. The Kier molecular flexibility index (Phi) is 5.08. The van der Waals surface area contributed by atoms with Gasteiger partial charge < -0.3 is 10.2 Å². The minimum absolute atomic E-state index is 0.589. The zero-order valence-electron chi connectivity index (χ0n) is 12.7. The summed E-state index contributed by atoms with van der Waals surface area (Å²) < 4.78 is 0. The van der Waals surface area contributed by atoms with Crippen molar-refractivity contribution >= 4 is 0 Å². The van der Waals surface area contributed by atoms with Gasteiger partial charge in [0.2, 0.25) is 0 Å². The molecule has 0 amide bonds. The summed E-state index contributed by atoms with van der Waals surface area (Å²) in [6.07, 6.45) is 9.98. The summed E-state index contributed by atoms with van der Waals surface area (Å²) >= 11 is 0. The van der Waals surface area contributed by atoms with Crippen molar-refractivity contribution in [3.8, 4) is 0 Å². The van der Waals surface area contributed by atoms with E-state index in [1.807, 2.05) is 0 Å². The highest BCUT2D eigenvalue weighted by molar-refractivity contribution is 4.87. The molecule has 0 aromatic carbocycles. The predicted molar refractivity (Wildman–Crippen MR) is 78.9 cm³/mol. The molecule has 106 valence electrons. The second-order valence-corrected chi connectivity index (χ2v) is 7.29. The van der Waals surface area contributed by atoms with Crippen LogP contribution in [-0.2, 0) is 0 Å². The second-order valence-electron chi connectivity index (χ2n) is 7.29. The lowest BCUT2D eigenvalue weighted by atomic mass is 9.74. The van der Waals surface area contributed by atoms with Crippen molar-refractivity contribution in [3.05, 3.63) is 0 Å².